The zero-order valence-electron chi connectivity index (χ0n) is 16.7. The van der Waals surface area contributed by atoms with E-state index in [1.54, 1.807) is 38.1 Å². The summed E-state index contributed by atoms with van der Waals surface area (Å²) >= 11 is 0. The Balaban J connectivity index is 1.87. The van der Waals surface area contributed by atoms with Crippen molar-refractivity contribution in [1.29, 1.82) is 0 Å². The lowest BCUT2D eigenvalue weighted by Crippen LogP contribution is -2.44. The van der Waals surface area contributed by atoms with Crippen molar-refractivity contribution in [3.05, 3.63) is 53.3 Å². The third kappa shape index (κ3) is 4.55. The Morgan fingerprint density at radius 1 is 1.23 bits per heavy atom. The van der Waals surface area contributed by atoms with E-state index in [-0.39, 0.29) is 22.4 Å². The van der Waals surface area contributed by atoms with Crippen molar-refractivity contribution in [1.82, 2.24) is 20.5 Å². The molecule has 0 spiro atoms. The van der Waals surface area contributed by atoms with Crippen LogP contribution in [0.2, 0.25) is 0 Å². The number of aliphatic hydroxyl groups excluding tert-OH is 1. The second-order valence-corrected chi connectivity index (χ2v) is 7.59. The van der Waals surface area contributed by atoms with Gasteiger partial charge in [0.05, 0.1) is 34.8 Å². The Bertz CT molecular complexity index is 1040. The van der Waals surface area contributed by atoms with Crippen molar-refractivity contribution in [2.45, 2.75) is 44.9 Å². The number of hydrogen-bond acceptors (Lipinski definition) is 5. The summed E-state index contributed by atoms with van der Waals surface area (Å²) in [5.74, 6) is -3.19. The summed E-state index contributed by atoms with van der Waals surface area (Å²) in [7, 11) is 0. The average molecular weight is 419 g/mol. The number of H-pyrrole nitrogens is 1. The minimum atomic E-state index is -3.21. The highest BCUT2D eigenvalue weighted by atomic mass is 19.3. The van der Waals surface area contributed by atoms with Gasteiger partial charge in [-0.25, -0.2) is 9.78 Å². The zero-order chi connectivity index (χ0) is 22.1. The molecule has 5 N–H and O–H groups in total. The number of aromatic nitrogens is 3. The number of alkyl halides is 2. The van der Waals surface area contributed by atoms with Gasteiger partial charge in [0.15, 0.2) is 0 Å². The van der Waals surface area contributed by atoms with Gasteiger partial charge in [-0.2, -0.15) is 13.9 Å². The van der Waals surface area contributed by atoms with Crippen molar-refractivity contribution < 1.29 is 23.8 Å². The number of urea groups is 1. The molecule has 0 bridgehead atoms. The molecule has 0 fully saturated rings. The number of carbonyl (C=O) groups excluding carboxylic acids is 1. The number of aromatic amines is 1. The first-order valence-corrected chi connectivity index (χ1v) is 9.22. The van der Waals surface area contributed by atoms with Crippen LogP contribution in [0.3, 0.4) is 0 Å². The van der Waals surface area contributed by atoms with E-state index in [9.17, 15) is 23.8 Å². The quantitative estimate of drug-likeness (QED) is 0.420. The molecule has 8 nitrogen and oxygen atoms in total. The fraction of sp³-hybridized carbons (Fsp3) is 0.350. The lowest BCUT2D eigenvalue weighted by molar-refractivity contribution is 0.0141. The van der Waals surface area contributed by atoms with Crippen LogP contribution >= 0.6 is 0 Å². The fourth-order valence-electron chi connectivity index (χ4n) is 3.21. The van der Waals surface area contributed by atoms with Crippen LogP contribution in [0.5, 0.6) is 0 Å². The number of carbonyl (C=O) groups is 1. The fourth-order valence-corrected chi connectivity index (χ4v) is 3.21. The standard InChI is InChI=1S/C20H23F2N5O3/c1-19(2,30)16(11-7-5-4-6-8-11)25-18(29)24-14-9-12-15(13(10-28)23-14)17(27-26-12)20(3,21)22/h4-9,16,28,30H,10H2,1-3H3,(H,26,27)(H2,23,24,25,29). The molecule has 0 aliphatic rings. The summed E-state index contributed by atoms with van der Waals surface area (Å²) in [6.07, 6.45) is 0. The number of aliphatic hydroxyl groups is 2. The van der Waals surface area contributed by atoms with Crippen LogP contribution in [0.25, 0.3) is 10.9 Å². The number of nitrogens with one attached hydrogen (secondary N) is 3. The molecule has 3 rings (SSSR count). The molecule has 30 heavy (non-hydrogen) atoms. The van der Waals surface area contributed by atoms with E-state index in [1.165, 1.54) is 6.07 Å². The summed E-state index contributed by atoms with van der Waals surface area (Å²) in [5.41, 5.74) is -0.952. The zero-order valence-corrected chi connectivity index (χ0v) is 16.7. The minimum Gasteiger partial charge on any atom is -0.390 e. The van der Waals surface area contributed by atoms with Gasteiger partial charge < -0.3 is 15.5 Å². The minimum absolute atomic E-state index is 0.00890. The monoisotopic (exact) mass is 419 g/mol. The second-order valence-electron chi connectivity index (χ2n) is 7.59. The van der Waals surface area contributed by atoms with Gasteiger partial charge in [-0.15, -0.1) is 0 Å². The van der Waals surface area contributed by atoms with E-state index in [1.807, 2.05) is 6.07 Å². The third-order valence-electron chi connectivity index (χ3n) is 4.56. The maximum absolute atomic E-state index is 13.8. The maximum Gasteiger partial charge on any atom is 0.320 e. The Kier molecular flexibility index (Phi) is 5.73. The number of rotatable bonds is 6. The number of halogens is 2. The van der Waals surface area contributed by atoms with Gasteiger partial charge in [0.1, 0.15) is 11.5 Å². The normalized spacial score (nSPS) is 13.3. The second kappa shape index (κ2) is 7.96. The maximum atomic E-state index is 13.8. The van der Waals surface area contributed by atoms with Crippen LogP contribution in [0.4, 0.5) is 19.4 Å². The van der Waals surface area contributed by atoms with Crippen LogP contribution in [0, 0.1) is 0 Å². The lowest BCUT2D eigenvalue weighted by Gasteiger charge is -2.30. The predicted octanol–water partition coefficient (Wildman–Crippen LogP) is 3.20. The van der Waals surface area contributed by atoms with Crippen LogP contribution in [0.1, 0.15) is 43.8 Å². The van der Waals surface area contributed by atoms with Gasteiger partial charge in [-0.05, 0) is 19.4 Å². The van der Waals surface area contributed by atoms with Crippen LogP contribution in [0.15, 0.2) is 36.4 Å². The van der Waals surface area contributed by atoms with E-state index >= 15 is 0 Å². The van der Waals surface area contributed by atoms with E-state index in [0.717, 1.165) is 0 Å². The molecule has 0 saturated carbocycles. The smallest absolute Gasteiger partial charge is 0.320 e. The molecule has 0 radical (unpaired) electrons. The molecule has 0 aliphatic carbocycles. The van der Waals surface area contributed by atoms with Crippen molar-refractivity contribution in [3.8, 4) is 0 Å². The third-order valence-corrected chi connectivity index (χ3v) is 4.56. The number of pyridine rings is 1. The van der Waals surface area contributed by atoms with Crippen molar-refractivity contribution in [3.63, 3.8) is 0 Å². The highest BCUT2D eigenvalue weighted by Gasteiger charge is 2.32. The van der Waals surface area contributed by atoms with Crippen LogP contribution in [-0.4, -0.2) is 37.0 Å². The molecule has 2 heterocycles. The van der Waals surface area contributed by atoms with E-state index in [4.69, 9.17) is 0 Å². The number of fused-ring (bicyclic) bond motifs is 1. The van der Waals surface area contributed by atoms with Crippen LogP contribution < -0.4 is 10.6 Å². The highest BCUT2D eigenvalue weighted by molar-refractivity contribution is 5.92. The van der Waals surface area contributed by atoms with Crippen LogP contribution in [-0.2, 0) is 12.5 Å². The number of hydrogen-bond donors (Lipinski definition) is 5. The first-order chi connectivity index (χ1) is 14.0. The predicted molar refractivity (Wildman–Crippen MR) is 107 cm³/mol. The molecular formula is C20H23F2N5O3. The summed E-state index contributed by atoms with van der Waals surface area (Å²) < 4.78 is 27.6. The van der Waals surface area contributed by atoms with Crippen molar-refractivity contribution in [2.24, 2.45) is 0 Å². The SMILES string of the molecule is CC(F)(F)c1[nH]nc2cc(NC(=O)NC(c3ccccc3)C(C)(C)O)nc(CO)c12. The van der Waals surface area contributed by atoms with Gasteiger partial charge in [0.25, 0.3) is 5.92 Å². The molecular weight excluding hydrogens is 396 g/mol. The Morgan fingerprint density at radius 2 is 1.90 bits per heavy atom. The van der Waals surface area contributed by atoms with Gasteiger partial charge >= 0.3 is 6.03 Å². The number of nitrogens with zero attached hydrogens (tertiary/aromatic N) is 2. The van der Waals surface area contributed by atoms with E-state index < -0.39 is 35.9 Å². The Morgan fingerprint density at radius 3 is 2.47 bits per heavy atom. The van der Waals surface area contributed by atoms with Gasteiger partial charge in [-0.3, -0.25) is 10.4 Å². The molecule has 10 heteroatoms. The highest BCUT2D eigenvalue weighted by Crippen LogP contribution is 2.33. The molecule has 160 valence electrons. The first kappa shape index (κ1) is 21.6. The van der Waals surface area contributed by atoms with Gasteiger partial charge in [-0.1, -0.05) is 30.3 Å². The van der Waals surface area contributed by atoms with Gasteiger partial charge in [0.2, 0.25) is 0 Å². The molecule has 0 saturated heterocycles. The van der Waals surface area contributed by atoms with E-state index in [2.05, 4.69) is 25.8 Å². The summed E-state index contributed by atoms with van der Waals surface area (Å²) in [5, 5.41) is 31.4. The molecule has 1 atom stereocenters. The average Bonchev–Trinajstić information content (AvgIpc) is 3.09. The molecule has 1 unspecified atom stereocenters. The topological polar surface area (TPSA) is 123 Å². The van der Waals surface area contributed by atoms with E-state index in [0.29, 0.717) is 12.5 Å². The Hall–Kier alpha value is -3.11. The molecule has 3 aromatic rings. The van der Waals surface area contributed by atoms with Crippen molar-refractivity contribution >= 4 is 22.8 Å². The number of amides is 2. The first-order valence-electron chi connectivity index (χ1n) is 9.22. The lowest BCUT2D eigenvalue weighted by atomic mass is 9.92. The molecule has 1 aromatic carbocycles. The molecule has 2 aromatic heterocycles. The number of anilines is 1. The Labute approximate surface area is 171 Å². The largest absolute Gasteiger partial charge is 0.390 e. The summed E-state index contributed by atoms with van der Waals surface area (Å²) in [6, 6.07) is 8.86. The summed E-state index contributed by atoms with van der Waals surface area (Å²) in [6.45, 7) is 3.22. The van der Waals surface area contributed by atoms with Gasteiger partial charge in [0, 0.05) is 13.0 Å². The van der Waals surface area contributed by atoms with Crippen molar-refractivity contribution in [2.75, 3.05) is 5.32 Å². The molecule has 2 amide bonds. The number of benzene rings is 1. The summed E-state index contributed by atoms with van der Waals surface area (Å²) in [4.78, 5) is 16.6. The molecule has 0 aliphatic heterocycles.